The van der Waals surface area contributed by atoms with Crippen molar-refractivity contribution in [2.45, 2.75) is 19.8 Å². The molecule has 7 heteroatoms. The average Bonchev–Trinajstić information content (AvgIpc) is 2.45. The third-order valence-corrected chi connectivity index (χ3v) is 3.54. The van der Waals surface area contributed by atoms with Gasteiger partial charge in [-0.3, -0.25) is 4.79 Å². The molecule has 2 heterocycles. The van der Waals surface area contributed by atoms with Gasteiger partial charge < -0.3 is 19.9 Å². The molecule has 1 aliphatic rings. The number of rotatable bonds is 5. The normalized spacial score (nSPS) is 17.5. The summed E-state index contributed by atoms with van der Waals surface area (Å²) < 4.78 is 10.3. The summed E-state index contributed by atoms with van der Waals surface area (Å²) in [7, 11) is 1.53. The predicted octanol–water partition coefficient (Wildman–Crippen LogP) is 1.09. The standard InChI is InChI=1S/C13H19N3O4/c1-9-15-10(7-11(16-9)19-2)14-8-13(12(17)18)3-5-20-6-4-13/h7H,3-6,8H2,1-2H3,(H,17,18)(H,14,15,16). The van der Waals surface area contributed by atoms with Crippen LogP contribution in [0.15, 0.2) is 6.07 Å². The molecule has 1 saturated heterocycles. The topological polar surface area (TPSA) is 93.6 Å². The fourth-order valence-corrected chi connectivity index (χ4v) is 2.22. The van der Waals surface area contributed by atoms with Gasteiger partial charge in [0.1, 0.15) is 11.6 Å². The Hall–Kier alpha value is -1.89. The lowest BCUT2D eigenvalue weighted by Gasteiger charge is -2.33. The molecule has 7 nitrogen and oxygen atoms in total. The fraction of sp³-hybridized carbons (Fsp3) is 0.615. The van der Waals surface area contributed by atoms with Crippen LogP contribution in [0.4, 0.5) is 5.82 Å². The van der Waals surface area contributed by atoms with E-state index in [-0.39, 0.29) is 0 Å². The molecule has 1 aromatic rings. The molecule has 0 unspecified atom stereocenters. The van der Waals surface area contributed by atoms with Gasteiger partial charge in [-0.25, -0.2) is 4.98 Å². The van der Waals surface area contributed by atoms with Crippen LogP contribution in [0.1, 0.15) is 18.7 Å². The molecular weight excluding hydrogens is 262 g/mol. The average molecular weight is 281 g/mol. The minimum atomic E-state index is -0.801. The monoisotopic (exact) mass is 281 g/mol. The summed E-state index contributed by atoms with van der Waals surface area (Å²) in [5.74, 6) is 0.798. The first-order chi connectivity index (χ1) is 9.55. The lowest BCUT2D eigenvalue weighted by molar-refractivity contribution is -0.153. The number of carboxylic acids is 1. The molecule has 1 fully saturated rings. The fourth-order valence-electron chi connectivity index (χ4n) is 2.22. The molecule has 0 spiro atoms. The first kappa shape index (κ1) is 14.5. The molecule has 2 rings (SSSR count). The van der Waals surface area contributed by atoms with Crippen molar-refractivity contribution in [1.29, 1.82) is 0 Å². The summed E-state index contributed by atoms with van der Waals surface area (Å²) in [4.78, 5) is 19.9. The number of hydrogen-bond donors (Lipinski definition) is 2. The molecule has 0 aromatic carbocycles. The van der Waals surface area contributed by atoms with Crippen molar-refractivity contribution in [2.24, 2.45) is 5.41 Å². The Balaban J connectivity index is 2.09. The van der Waals surface area contributed by atoms with Crippen molar-refractivity contribution in [3.63, 3.8) is 0 Å². The summed E-state index contributed by atoms with van der Waals surface area (Å²) in [6.45, 7) is 3.01. The van der Waals surface area contributed by atoms with Crippen molar-refractivity contribution in [3.8, 4) is 5.88 Å². The van der Waals surface area contributed by atoms with E-state index >= 15 is 0 Å². The second-order valence-electron chi connectivity index (χ2n) is 4.89. The second-order valence-corrected chi connectivity index (χ2v) is 4.89. The lowest BCUT2D eigenvalue weighted by atomic mass is 9.80. The Morgan fingerprint density at radius 2 is 2.20 bits per heavy atom. The summed E-state index contributed by atoms with van der Waals surface area (Å²) in [6.07, 6.45) is 0.993. The van der Waals surface area contributed by atoms with Crippen molar-refractivity contribution in [3.05, 3.63) is 11.9 Å². The lowest BCUT2D eigenvalue weighted by Crippen LogP contribution is -2.42. The van der Waals surface area contributed by atoms with E-state index in [1.54, 1.807) is 13.0 Å². The van der Waals surface area contributed by atoms with Crippen LogP contribution in [0, 0.1) is 12.3 Å². The minimum Gasteiger partial charge on any atom is -0.481 e. The largest absolute Gasteiger partial charge is 0.481 e. The number of carboxylic acid groups (broad SMARTS) is 1. The molecule has 20 heavy (non-hydrogen) atoms. The van der Waals surface area contributed by atoms with Crippen LogP contribution in [0.3, 0.4) is 0 Å². The number of hydrogen-bond acceptors (Lipinski definition) is 6. The molecule has 1 aromatic heterocycles. The van der Waals surface area contributed by atoms with E-state index in [9.17, 15) is 9.90 Å². The SMILES string of the molecule is COc1cc(NCC2(C(=O)O)CCOCC2)nc(C)n1. The number of ether oxygens (including phenoxy) is 2. The molecular formula is C13H19N3O4. The maximum absolute atomic E-state index is 11.5. The predicted molar refractivity (Wildman–Crippen MR) is 71.9 cm³/mol. The molecule has 110 valence electrons. The van der Waals surface area contributed by atoms with Gasteiger partial charge in [-0.1, -0.05) is 0 Å². The van der Waals surface area contributed by atoms with Gasteiger partial charge in [0.2, 0.25) is 5.88 Å². The summed E-state index contributed by atoms with van der Waals surface area (Å²) in [5, 5.41) is 12.6. The van der Waals surface area contributed by atoms with E-state index < -0.39 is 11.4 Å². The highest BCUT2D eigenvalue weighted by atomic mass is 16.5. The zero-order valence-electron chi connectivity index (χ0n) is 11.7. The first-order valence-corrected chi connectivity index (χ1v) is 6.50. The van der Waals surface area contributed by atoms with Gasteiger partial charge in [-0.15, -0.1) is 0 Å². The molecule has 0 saturated carbocycles. The number of aliphatic carboxylic acids is 1. The van der Waals surface area contributed by atoms with Crippen LogP contribution in [0.2, 0.25) is 0 Å². The summed E-state index contributed by atoms with van der Waals surface area (Å²) >= 11 is 0. The van der Waals surface area contributed by atoms with E-state index in [2.05, 4.69) is 15.3 Å². The molecule has 0 aliphatic carbocycles. The smallest absolute Gasteiger partial charge is 0.311 e. The van der Waals surface area contributed by atoms with E-state index in [0.717, 1.165) is 0 Å². The van der Waals surface area contributed by atoms with Crippen molar-refractivity contribution in [2.75, 3.05) is 32.2 Å². The molecule has 1 aliphatic heterocycles. The highest BCUT2D eigenvalue weighted by molar-refractivity contribution is 5.75. The maximum atomic E-state index is 11.5. The van der Waals surface area contributed by atoms with Gasteiger partial charge >= 0.3 is 5.97 Å². The van der Waals surface area contributed by atoms with Gasteiger partial charge in [0.15, 0.2) is 0 Å². The van der Waals surface area contributed by atoms with Crippen LogP contribution in [-0.4, -0.2) is 47.9 Å². The molecule has 0 amide bonds. The molecule has 0 atom stereocenters. The molecule has 0 bridgehead atoms. The minimum absolute atomic E-state index is 0.311. The quantitative estimate of drug-likeness (QED) is 0.834. The van der Waals surface area contributed by atoms with Crippen LogP contribution < -0.4 is 10.1 Å². The summed E-state index contributed by atoms with van der Waals surface area (Å²) in [5.41, 5.74) is -0.801. The first-order valence-electron chi connectivity index (χ1n) is 6.50. The van der Waals surface area contributed by atoms with Gasteiger partial charge in [-0.2, -0.15) is 4.98 Å². The second kappa shape index (κ2) is 6.04. The van der Waals surface area contributed by atoms with Gasteiger partial charge in [0.25, 0.3) is 0 Å². The van der Waals surface area contributed by atoms with Gasteiger partial charge in [0, 0.05) is 25.8 Å². The van der Waals surface area contributed by atoms with Crippen LogP contribution >= 0.6 is 0 Å². The number of anilines is 1. The van der Waals surface area contributed by atoms with Crippen LogP contribution in [0.25, 0.3) is 0 Å². The number of carbonyl (C=O) groups is 1. The Bertz CT molecular complexity index is 487. The number of nitrogens with one attached hydrogen (secondary N) is 1. The molecule has 2 N–H and O–H groups in total. The van der Waals surface area contributed by atoms with Crippen LogP contribution in [0.5, 0.6) is 5.88 Å². The third-order valence-electron chi connectivity index (χ3n) is 3.54. The van der Waals surface area contributed by atoms with Gasteiger partial charge in [0.05, 0.1) is 12.5 Å². The highest BCUT2D eigenvalue weighted by Crippen LogP contribution is 2.31. The third kappa shape index (κ3) is 3.16. The molecule has 0 radical (unpaired) electrons. The Morgan fingerprint density at radius 3 is 2.80 bits per heavy atom. The number of aromatic nitrogens is 2. The maximum Gasteiger partial charge on any atom is 0.311 e. The van der Waals surface area contributed by atoms with Crippen molar-refractivity contribution >= 4 is 11.8 Å². The number of nitrogens with zero attached hydrogens (tertiary/aromatic N) is 2. The summed E-state index contributed by atoms with van der Waals surface area (Å²) in [6, 6.07) is 1.65. The Kier molecular flexibility index (Phi) is 4.39. The number of aryl methyl sites for hydroxylation is 1. The van der Waals surface area contributed by atoms with Crippen molar-refractivity contribution < 1.29 is 19.4 Å². The number of methoxy groups -OCH3 is 1. The van der Waals surface area contributed by atoms with E-state index in [1.165, 1.54) is 7.11 Å². The zero-order chi connectivity index (χ0) is 14.6. The van der Waals surface area contributed by atoms with E-state index in [4.69, 9.17) is 9.47 Å². The Morgan fingerprint density at radius 1 is 1.50 bits per heavy atom. The van der Waals surface area contributed by atoms with E-state index in [1.807, 2.05) is 0 Å². The Labute approximate surface area is 117 Å². The van der Waals surface area contributed by atoms with Crippen molar-refractivity contribution in [1.82, 2.24) is 9.97 Å². The van der Waals surface area contributed by atoms with Crippen LogP contribution in [-0.2, 0) is 9.53 Å². The van der Waals surface area contributed by atoms with E-state index in [0.29, 0.717) is 50.1 Å². The van der Waals surface area contributed by atoms with Gasteiger partial charge in [-0.05, 0) is 19.8 Å². The zero-order valence-corrected chi connectivity index (χ0v) is 11.7. The highest BCUT2D eigenvalue weighted by Gasteiger charge is 2.40.